The van der Waals surface area contributed by atoms with Crippen molar-refractivity contribution in [2.24, 2.45) is 5.73 Å². The first-order valence-electron chi connectivity index (χ1n) is 7.18. The summed E-state index contributed by atoms with van der Waals surface area (Å²) in [6, 6.07) is 4.01. The molecule has 1 fully saturated rings. The number of para-hydroxylation sites is 1. The van der Waals surface area contributed by atoms with Gasteiger partial charge in [-0.1, -0.05) is 6.07 Å². The van der Waals surface area contributed by atoms with Crippen LogP contribution in [-0.2, 0) is 4.74 Å². The quantitative estimate of drug-likeness (QED) is 0.432. The minimum absolute atomic E-state index is 0.0784. The summed E-state index contributed by atoms with van der Waals surface area (Å²) in [6.07, 6.45) is 1.40. The van der Waals surface area contributed by atoms with Crippen LogP contribution in [-0.4, -0.2) is 29.1 Å². The number of amides is 2. The maximum absolute atomic E-state index is 12.2. The van der Waals surface area contributed by atoms with E-state index in [4.69, 9.17) is 16.2 Å². The molecule has 1 saturated carbocycles. The van der Waals surface area contributed by atoms with E-state index in [9.17, 15) is 19.7 Å². The molecule has 0 saturated heterocycles. The number of primary amides is 1. The molecule has 1 aromatic carbocycles. The first-order valence-corrected chi connectivity index (χ1v) is 7.18. The molecule has 9 heteroatoms. The van der Waals surface area contributed by atoms with Gasteiger partial charge in [0.05, 0.1) is 10.5 Å². The smallest absolute Gasteiger partial charge is 0.404 e. The molecule has 0 aromatic heterocycles. The van der Waals surface area contributed by atoms with Crippen molar-refractivity contribution in [2.75, 3.05) is 5.73 Å². The van der Waals surface area contributed by atoms with Gasteiger partial charge < -0.3 is 21.5 Å². The topological polar surface area (TPSA) is 151 Å². The Morgan fingerprint density at radius 1 is 1.26 bits per heavy atom. The number of nitrogens with one attached hydrogen (secondary N) is 1. The largest absolute Gasteiger partial charge is 0.446 e. The summed E-state index contributed by atoms with van der Waals surface area (Å²) in [5.74, 6) is -0.453. The highest BCUT2D eigenvalue weighted by Crippen LogP contribution is 2.26. The second-order valence-corrected chi connectivity index (χ2v) is 5.38. The van der Waals surface area contributed by atoms with Crippen LogP contribution in [0, 0.1) is 10.1 Å². The monoisotopic (exact) mass is 322 g/mol. The van der Waals surface area contributed by atoms with Crippen molar-refractivity contribution in [3.8, 4) is 0 Å². The van der Waals surface area contributed by atoms with E-state index in [0.717, 1.165) is 0 Å². The third-order valence-corrected chi connectivity index (χ3v) is 3.82. The molecule has 1 aromatic rings. The maximum atomic E-state index is 12.2. The number of nitrogens with two attached hydrogens (primary N) is 2. The molecule has 0 radical (unpaired) electrons. The first-order chi connectivity index (χ1) is 10.9. The van der Waals surface area contributed by atoms with Gasteiger partial charge >= 0.3 is 6.09 Å². The molecule has 124 valence electrons. The minimum atomic E-state index is -0.804. The lowest BCUT2D eigenvalue weighted by atomic mass is 9.92. The number of nitrogen functional groups attached to an aromatic ring is 1. The van der Waals surface area contributed by atoms with Crippen molar-refractivity contribution < 1.29 is 19.2 Å². The molecular formula is C14H18N4O5. The van der Waals surface area contributed by atoms with Gasteiger partial charge in [0, 0.05) is 12.1 Å². The maximum Gasteiger partial charge on any atom is 0.404 e. The standard InChI is InChI=1S/C14H18N4O5/c15-12-10(2-1-3-11(12)18(21)22)13(19)17-8-4-6-9(7-5-8)23-14(16)20/h1-3,8-9H,4-7,15H2,(H2,16,20)(H,17,19)/t8-,9-. The molecule has 0 bridgehead atoms. The summed E-state index contributed by atoms with van der Waals surface area (Å²) in [6.45, 7) is 0. The van der Waals surface area contributed by atoms with E-state index >= 15 is 0 Å². The summed E-state index contributed by atoms with van der Waals surface area (Å²) >= 11 is 0. The highest BCUT2D eigenvalue weighted by molar-refractivity contribution is 6.01. The number of nitro groups is 1. The SMILES string of the molecule is NC(=O)O[C@H]1CC[C@H](NC(=O)c2cccc([N+](=O)[O-])c2N)CC1. The van der Waals surface area contributed by atoms with Crippen LogP contribution in [0.3, 0.4) is 0 Å². The van der Waals surface area contributed by atoms with Gasteiger partial charge in [0.2, 0.25) is 0 Å². The van der Waals surface area contributed by atoms with E-state index in [2.05, 4.69) is 5.32 Å². The van der Waals surface area contributed by atoms with Crippen LogP contribution in [0.1, 0.15) is 36.0 Å². The van der Waals surface area contributed by atoms with Gasteiger partial charge in [0.15, 0.2) is 0 Å². The number of anilines is 1. The number of ether oxygens (including phenoxy) is 1. The van der Waals surface area contributed by atoms with E-state index < -0.39 is 16.9 Å². The predicted octanol–water partition coefficient (Wildman–Crippen LogP) is 1.31. The summed E-state index contributed by atoms with van der Waals surface area (Å²) in [5, 5.41) is 13.7. The lowest BCUT2D eigenvalue weighted by Gasteiger charge is -2.28. The average molecular weight is 322 g/mol. The Kier molecular flexibility index (Phi) is 4.99. The van der Waals surface area contributed by atoms with E-state index in [-0.39, 0.29) is 29.1 Å². The van der Waals surface area contributed by atoms with Gasteiger partial charge in [0.25, 0.3) is 11.6 Å². The van der Waals surface area contributed by atoms with E-state index in [1.807, 2.05) is 0 Å². The number of nitrogens with zero attached hydrogens (tertiary/aromatic N) is 1. The number of carbonyl (C=O) groups is 2. The third-order valence-electron chi connectivity index (χ3n) is 3.82. The number of carbonyl (C=O) groups excluding carboxylic acids is 2. The Hall–Kier alpha value is -2.84. The molecule has 2 rings (SSSR count). The number of rotatable bonds is 4. The van der Waals surface area contributed by atoms with Gasteiger partial charge in [-0.25, -0.2) is 4.79 Å². The molecule has 0 heterocycles. The number of nitro benzene ring substituents is 1. The fourth-order valence-corrected chi connectivity index (χ4v) is 2.66. The van der Waals surface area contributed by atoms with Crippen molar-refractivity contribution in [1.29, 1.82) is 0 Å². The average Bonchev–Trinajstić information content (AvgIpc) is 2.48. The summed E-state index contributed by atoms with van der Waals surface area (Å²) in [5.41, 5.74) is 10.3. The van der Waals surface area contributed by atoms with Crippen molar-refractivity contribution in [1.82, 2.24) is 5.32 Å². The highest BCUT2D eigenvalue weighted by atomic mass is 16.6. The second kappa shape index (κ2) is 6.95. The van der Waals surface area contributed by atoms with Gasteiger partial charge in [-0.2, -0.15) is 0 Å². The predicted molar refractivity (Wildman–Crippen MR) is 81.7 cm³/mol. The highest BCUT2D eigenvalue weighted by Gasteiger charge is 2.26. The number of hydrogen-bond donors (Lipinski definition) is 3. The Bertz CT molecular complexity index is 626. The molecule has 0 spiro atoms. The zero-order valence-electron chi connectivity index (χ0n) is 12.4. The van der Waals surface area contributed by atoms with Crippen LogP contribution < -0.4 is 16.8 Å². The van der Waals surface area contributed by atoms with E-state index in [1.165, 1.54) is 18.2 Å². The zero-order valence-corrected chi connectivity index (χ0v) is 12.4. The molecule has 0 unspecified atom stereocenters. The van der Waals surface area contributed by atoms with E-state index in [0.29, 0.717) is 25.7 Å². The molecule has 0 atom stereocenters. The van der Waals surface area contributed by atoms with Crippen LogP contribution in [0.25, 0.3) is 0 Å². The lowest BCUT2D eigenvalue weighted by Crippen LogP contribution is -2.40. The Balaban J connectivity index is 1.97. The molecular weight excluding hydrogens is 304 g/mol. The molecule has 5 N–H and O–H groups in total. The van der Waals surface area contributed by atoms with Gasteiger partial charge in [0.1, 0.15) is 11.8 Å². The molecule has 2 amide bonds. The van der Waals surface area contributed by atoms with Crippen LogP contribution in [0.15, 0.2) is 18.2 Å². The Labute approximate surface area is 132 Å². The van der Waals surface area contributed by atoms with Crippen molar-refractivity contribution >= 4 is 23.4 Å². The molecule has 1 aliphatic rings. The van der Waals surface area contributed by atoms with Crippen molar-refractivity contribution in [3.05, 3.63) is 33.9 Å². The number of benzene rings is 1. The van der Waals surface area contributed by atoms with Crippen LogP contribution >= 0.6 is 0 Å². The Morgan fingerprint density at radius 2 is 1.91 bits per heavy atom. The van der Waals surface area contributed by atoms with Crippen LogP contribution in [0.4, 0.5) is 16.2 Å². The molecule has 23 heavy (non-hydrogen) atoms. The zero-order chi connectivity index (χ0) is 17.0. The van der Waals surface area contributed by atoms with Gasteiger partial charge in [-0.05, 0) is 31.7 Å². The second-order valence-electron chi connectivity index (χ2n) is 5.38. The summed E-state index contributed by atoms with van der Waals surface area (Å²) in [7, 11) is 0. The van der Waals surface area contributed by atoms with Crippen LogP contribution in [0.2, 0.25) is 0 Å². The lowest BCUT2D eigenvalue weighted by molar-refractivity contribution is -0.383. The summed E-state index contributed by atoms with van der Waals surface area (Å²) < 4.78 is 4.92. The minimum Gasteiger partial charge on any atom is -0.446 e. The third kappa shape index (κ3) is 4.09. The van der Waals surface area contributed by atoms with Crippen LogP contribution in [0.5, 0.6) is 0 Å². The fourth-order valence-electron chi connectivity index (χ4n) is 2.66. The van der Waals surface area contributed by atoms with Gasteiger partial charge in [-0.15, -0.1) is 0 Å². The van der Waals surface area contributed by atoms with E-state index in [1.54, 1.807) is 0 Å². The molecule has 9 nitrogen and oxygen atoms in total. The number of hydrogen-bond acceptors (Lipinski definition) is 6. The van der Waals surface area contributed by atoms with Crippen molar-refractivity contribution in [2.45, 2.75) is 37.8 Å². The van der Waals surface area contributed by atoms with Crippen molar-refractivity contribution in [3.63, 3.8) is 0 Å². The molecule has 0 aliphatic heterocycles. The van der Waals surface area contributed by atoms with Gasteiger partial charge in [-0.3, -0.25) is 14.9 Å². The normalized spacial score (nSPS) is 20.5. The molecule has 1 aliphatic carbocycles. The fraction of sp³-hybridized carbons (Fsp3) is 0.429. The Morgan fingerprint density at radius 3 is 2.48 bits per heavy atom. The summed E-state index contributed by atoms with van der Waals surface area (Å²) in [4.78, 5) is 33.2. The first kappa shape index (κ1) is 16.5.